The summed E-state index contributed by atoms with van der Waals surface area (Å²) in [5, 5.41) is 0. The number of unbranched alkanes of at least 4 members (excludes halogenated alkanes) is 15. The van der Waals surface area contributed by atoms with E-state index in [9.17, 15) is 0 Å². The maximum atomic E-state index is 4.74. The van der Waals surface area contributed by atoms with Gasteiger partial charge in [0.2, 0.25) is 0 Å². The summed E-state index contributed by atoms with van der Waals surface area (Å²) in [5.74, 6) is 1.28. The van der Waals surface area contributed by atoms with Crippen LogP contribution in [0.1, 0.15) is 136 Å². The number of allylic oxidation sites excluding steroid dienone is 4. The molecule has 0 aliphatic heterocycles. The van der Waals surface area contributed by atoms with Gasteiger partial charge in [-0.3, -0.25) is 0 Å². The van der Waals surface area contributed by atoms with Crippen LogP contribution in [0, 0.1) is 0 Å². The predicted molar refractivity (Wildman–Crippen MR) is 143 cm³/mol. The van der Waals surface area contributed by atoms with Gasteiger partial charge < -0.3 is 0 Å². The first-order valence-electron chi connectivity index (χ1n) is 12.9. The molecule has 0 nitrogen and oxygen atoms in total. The highest BCUT2D eigenvalue weighted by atomic mass is 32.2. The lowest BCUT2D eigenvalue weighted by Gasteiger charge is -2.07. The Balaban J connectivity index is 3.23. The van der Waals surface area contributed by atoms with E-state index >= 15 is 0 Å². The van der Waals surface area contributed by atoms with Crippen LogP contribution < -0.4 is 0 Å². The van der Waals surface area contributed by atoms with E-state index in [1.807, 2.05) is 11.8 Å². The van der Waals surface area contributed by atoms with E-state index in [2.05, 4.69) is 38.2 Å². The maximum Gasteiger partial charge on any atom is 0.0506 e. The number of rotatable bonds is 23. The molecule has 0 radical (unpaired) electrons. The van der Waals surface area contributed by atoms with E-state index in [1.54, 1.807) is 0 Å². The molecule has 29 heavy (non-hydrogen) atoms. The summed E-state index contributed by atoms with van der Waals surface area (Å²) in [5.41, 5.74) is 0. The van der Waals surface area contributed by atoms with E-state index in [0.29, 0.717) is 4.58 Å². The maximum absolute atomic E-state index is 4.74. The highest BCUT2D eigenvalue weighted by molar-refractivity contribution is 8.10. The zero-order chi connectivity index (χ0) is 21.3. The van der Waals surface area contributed by atoms with Crippen molar-refractivity contribution in [1.29, 1.82) is 0 Å². The van der Waals surface area contributed by atoms with Crippen molar-refractivity contribution in [1.82, 2.24) is 0 Å². The molecule has 0 fully saturated rings. The summed E-state index contributed by atoms with van der Waals surface area (Å²) in [7, 11) is 0. The zero-order valence-corrected chi connectivity index (χ0v) is 21.6. The average molecular weight is 441 g/mol. The lowest BCUT2D eigenvalue weighted by atomic mass is 10.1. The van der Waals surface area contributed by atoms with Gasteiger partial charge in [-0.15, -0.1) is 11.8 Å². The summed E-state index contributed by atoms with van der Waals surface area (Å²) < 4.78 is 0.488. The molecule has 0 amide bonds. The lowest BCUT2D eigenvalue weighted by molar-refractivity contribution is 0.578. The van der Waals surface area contributed by atoms with E-state index in [1.165, 1.54) is 121 Å². The zero-order valence-electron chi connectivity index (χ0n) is 19.9. The second-order valence-electron chi connectivity index (χ2n) is 8.44. The summed E-state index contributed by atoms with van der Waals surface area (Å²) in [6, 6.07) is 0. The van der Waals surface area contributed by atoms with Gasteiger partial charge in [0.1, 0.15) is 0 Å². The molecule has 0 spiro atoms. The minimum atomic E-state index is 0.488. The quantitative estimate of drug-likeness (QED) is 0.0713. The molecule has 0 aromatic rings. The van der Waals surface area contributed by atoms with Crippen molar-refractivity contribution >= 4 is 24.4 Å². The van der Waals surface area contributed by atoms with Gasteiger partial charge in [-0.2, -0.15) is 12.6 Å². The summed E-state index contributed by atoms with van der Waals surface area (Å²) in [4.78, 5) is 0. The smallest absolute Gasteiger partial charge is 0.0506 e. The number of thioether (sulfide) groups is 1. The monoisotopic (exact) mass is 440 g/mol. The predicted octanol–water partition coefficient (Wildman–Crippen LogP) is 10.5. The van der Waals surface area contributed by atoms with Gasteiger partial charge in [0, 0.05) is 0 Å². The van der Waals surface area contributed by atoms with Crippen molar-refractivity contribution in [2.45, 2.75) is 140 Å². The Labute approximate surface area is 194 Å². The fraction of sp³-hybridized carbons (Fsp3) is 0.852. The molecule has 0 aromatic heterocycles. The molecule has 0 N–H and O–H groups in total. The topological polar surface area (TPSA) is 0 Å². The van der Waals surface area contributed by atoms with Gasteiger partial charge in [0.15, 0.2) is 0 Å². The molecule has 1 atom stereocenters. The average Bonchev–Trinajstić information content (AvgIpc) is 2.72. The minimum Gasteiger partial charge on any atom is -0.165 e. The van der Waals surface area contributed by atoms with Crippen molar-refractivity contribution in [3.8, 4) is 0 Å². The largest absolute Gasteiger partial charge is 0.165 e. The van der Waals surface area contributed by atoms with Gasteiger partial charge in [-0.05, 0) is 50.7 Å². The Bertz CT molecular complexity index is 348. The third-order valence-corrected chi connectivity index (χ3v) is 7.22. The van der Waals surface area contributed by atoms with E-state index in [4.69, 9.17) is 12.6 Å². The van der Waals surface area contributed by atoms with Crippen LogP contribution in [0.3, 0.4) is 0 Å². The summed E-state index contributed by atoms with van der Waals surface area (Å²) in [6.45, 7) is 4.50. The number of hydrogen-bond acceptors (Lipinski definition) is 2. The fourth-order valence-electron chi connectivity index (χ4n) is 3.55. The highest BCUT2D eigenvalue weighted by Gasteiger charge is 2.00. The van der Waals surface area contributed by atoms with Crippen molar-refractivity contribution in [2.24, 2.45) is 0 Å². The molecular formula is C27H52S2. The van der Waals surface area contributed by atoms with E-state index in [-0.39, 0.29) is 0 Å². The Morgan fingerprint density at radius 1 is 0.586 bits per heavy atom. The van der Waals surface area contributed by atoms with Gasteiger partial charge in [-0.25, -0.2) is 0 Å². The molecule has 172 valence electrons. The van der Waals surface area contributed by atoms with Gasteiger partial charge in [-0.1, -0.05) is 115 Å². The second-order valence-corrected chi connectivity index (χ2v) is 10.7. The SMILES string of the molecule is CCC=CCCCCCCCCCCSC(S)C/C=C\CCCCCCCCC. The molecule has 1 unspecified atom stereocenters. The molecule has 0 rings (SSSR count). The summed E-state index contributed by atoms with van der Waals surface area (Å²) in [6.07, 6.45) is 35.3. The molecule has 0 aliphatic carbocycles. The van der Waals surface area contributed by atoms with Gasteiger partial charge in [0.25, 0.3) is 0 Å². The first-order valence-corrected chi connectivity index (χ1v) is 14.5. The third kappa shape index (κ3) is 26.1. The van der Waals surface area contributed by atoms with Crippen LogP contribution in [0.25, 0.3) is 0 Å². The fourth-order valence-corrected chi connectivity index (χ4v) is 4.87. The van der Waals surface area contributed by atoms with E-state index in [0.717, 1.165) is 6.42 Å². The first-order chi connectivity index (χ1) is 14.3. The standard InChI is InChI=1S/C27H52S2/c1-3-5-7-9-11-13-15-16-18-20-22-24-26-29-27(28)25-23-21-19-17-14-12-10-8-6-4-2/h5,7,21,23,27-28H,3-4,6,8-20,22,24-26H2,1-2H3/b7-5?,23-21-. The Morgan fingerprint density at radius 3 is 1.62 bits per heavy atom. The van der Waals surface area contributed by atoms with Crippen molar-refractivity contribution < 1.29 is 0 Å². The highest BCUT2D eigenvalue weighted by Crippen LogP contribution is 2.21. The Hall–Kier alpha value is 0.180. The molecule has 0 bridgehead atoms. The third-order valence-electron chi connectivity index (χ3n) is 5.46. The number of thiol groups is 1. The normalized spacial score (nSPS) is 13.1. The van der Waals surface area contributed by atoms with Crippen molar-refractivity contribution in [3.05, 3.63) is 24.3 Å². The van der Waals surface area contributed by atoms with Crippen LogP contribution >= 0.6 is 24.4 Å². The van der Waals surface area contributed by atoms with Crippen LogP contribution in [-0.4, -0.2) is 10.3 Å². The van der Waals surface area contributed by atoms with E-state index < -0.39 is 0 Å². The molecule has 0 saturated carbocycles. The van der Waals surface area contributed by atoms with Crippen LogP contribution in [-0.2, 0) is 0 Å². The summed E-state index contributed by atoms with van der Waals surface area (Å²) >= 11 is 6.78. The Kier molecular flexibility index (Phi) is 26.4. The van der Waals surface area contributed by atoms with Crippen LogP contribution in [0.4, 0.5) is 0 Å². The molecule has 2 heteroatoms. The van der Waals surface area contributed by atoms with Gasteiger partial charge >= 0.3 is 0 Å². The lowest BCUT2D eigenvalue weighted by Crippen LogP contribution is -1.92. The molecule has 0 aromatic carbocycles. The number of hydrogen-bond donors (Lipinski definition) is 1. The van der Waals surface area contributed by atoms with Gasteiger partial charge in [0.05, 0.1) is 4.58 Å². The Morgan fingerprint density at radius 2 is 1.07 bits per heavy atom. The minimum absolute atomic E-state index is 0.488. The van der Waals surface area contributed by atoms with Crippen LogP contribution in [0.5, 0.6) is 0 Å². The molecular weight excluding hydrogens is 388 g/mol. The van der Waals surface area contributed by atoms with Crippen LogP contribution in [0.2, 0.25) is 0 Å². The van der Waals surface area contributed by atoms with Crippen molar-refractivity contribution in [3.63, 3.8) is 0 Å². The molecule has 0 aliphatic rings. The second kappa shape index (κ2) is 26.2. The molecule has 0 saturated heterocycles. The molecule has 0 heterocycles. The first kappa shape index (κ1) is 29.2. The van der Waals surface area contributed by atoms with Crippen molar-refractivity contribution in [2.75, 3.05) is 5.75 Å². The van der Waals surface area contributed by atoms with Crippen LogP contribution in [0.15, 0.2) is 24.3 Å².